The Bertz CT molecular complexity index is 865. The average molecular weight is 353 g/mol. The largest absolute Gasteiger partial charge is 0.458 e. The Balaban J connectivity index is 1.88. The zero-order valence-corrected chi connectivity index (χ0v) is 12.9. The summed E-state index contributed by atoms with van der Waals surface area (Å²) in [5.74, 6) is -4.48. The summed E-state index contributed by atoms with van der Waals surface area (Å²) in [7, 11) is 0. The molecule has 0 aliphatic carbocycles. The lowest BCUT2D eigenvalue weighted by Gasteiger charge is -2.19. The zero-order chi connectivity index (χ0) is 18.2. The van der Waals surface area contributed by atoms with E-state index >= 15 is 0 Å². The van der Waals surface area contributed by atoms with E-state index in [1.54, 1.807) is 0 Å². The number of nitrogens with zero attached hydrogens (tertiary/aromatic N) is 3. The molecule has 0 amide bonds. The molecular formula is C17H12F5N3. The number of alkyl halides is 5. The minimum Gasteiger partial charge on any atom is -0.220 e. The molecular weight excluding hydrogens is 341 g/mol. The van der Waals surface area contributed by atoms with Crippen LogP contribution in [0.2, 0.25) is 0 Å². The van der Waals surface area contributed by atoms with Gasteiger partial charge in [-0.2, -0.15) is 22.0 Å². The Hall–Kier alpha value is -2.77. The second kappa shape index (κ2) is 5.94. The number of hydrogen-bond donors (Lipinski definition) is 0. The molecule has 0 unspecified atom stereocenters. The van der Waals surface area contributed by atoms with Crippen molar-refractivity contribution in [1.82, 2.24) is 14.8 Å². The smallest absolute Gasteiger partial charge is 0.220 e. The van der Waals surface area contributed by atoms with Gasteiger partial charge in [0, 0.05) is 11.1 Å². The minimum absolute atomic E-state index is 0.326. The molecule has 130 valence electrons. The lowest BCUT2D eigenvalue weighted by atomic mass is 10.1. The van der Waals surface area contributed by atoms with Crippen LogP contribution in [0.4, 0.5) is 22.0 Å². The van der Waals surface area contributed by atoms with Crippen LogP contribution < -0.4 is 0 Å². The number of rotatable bonds is 3. The summed E-state index contributed by atoms with van der Waals surface area (Å²) in [5.41, 5.74) is 1.05. The van der Waals surface area contributed by atoms with E-state index in [0.29, 0.717) is 11.5 Å². The van der Waals surface area contributed by atoms with Gasteiger partial charge in [0.05, 0.1) is 5.69 Å². The molecule has 0 atom stereocenters. The van der Waals surface area contributed by atoms with Crippen molar-refractivity contribution in [1.29, 1.82) is 0 Å². The Morgan fingerprint density at radius 2 is 1.44 bits per heavy atom. The maximum Gasteiger partial charge on any atom is 0.458 e. The molecule has 3 aromatic rings. The van der Waals surface area contributed by atoms with E-state index in [1.807, 2.05) is 31.2 Å². The van der Waals surface area contributed by atoms with Crippen LogP contribution >= 0.6 is 0 Å². The van der Waals surface area contributed by atoms with Crippen molar-refractivity contribution >= 4 is 0 Å². The van der Waals surface area contributed by atoms with Crippen LogP contribution in [0.5, 0.6) is 0 Å². The number of aromatic nitrogens is 3. The Kier molecular flexibility index (Phi) is 4.06. The molecule has 0 bridgehead atoms. The van der Waals surface area contributed by atoms with Gasteiger partial charge in [0.15, 0.2) is 5.82 Å². The lowest BCUT2D eigenvalue weighted by molar-refractivity contribution is -0.289. The fourth-order valence-electron chi connectivity index (χ4n) is 2.21. The number of aryl methyl sites for hydroxylation is 1. The monoisotopic (exact) mass is 353 g/mol. The van der Waals surface area contributed by atoms with Gasteiger partial charge in [0.1, 0.15) is 6.33 Å². The topological polar surface area (TPSA) is 30.7 Å². The van der Waals surface area contributed by atoms with Crippen molar-refractivity contribution in [3.05, 3.63) is 66.0 Å². The number of hydrogen-bond acceptors (Lipinski definition) is 2. The number of benzene rings is 2. The first-order valence-corrected chi connectivity index (χ1v) is 7.22. The van der Waals surface area contributed by atoms with Crippen molar-refractivity contribution in [2.24, 2.45) is 0 Å². The molecule has 1 heterocycles. The van der Waals surface area contributed by atoms with E-state index in [2.05, 4.69) is 10.1 Å². The van der Waals surface area contributed by atoms with Gasteiger partial charge in [-0.3, -0.25) is 0 Å². The quantitative estimate of drug-likeness (QED) is 0.627. The van der Waals surface area contributed by atoms with E-state index in [1.165, 1.54) is 11.0 Å². The molecule has 2 aromatic carbocycles. The van der Waals surface area contributed by atoms with Crippen LogP contribution in [0.15, 0.2) is 54.9 Å². The summed E-state index contributed by atoms with van der Waals surface area (Å²) in [6.07, 6.45) is -4.27. The van der Waals surface area contributed by atoms with Gasteiger partial charge in [-0.15, -0.1) is 5.10 Å². The van der Waals surface area contributed by atoms with E-state index in [9.17, 15) is 22.0 Å². The predicted octanol–water partition coefficient (Wildman–Crippen LogP) is 4.90. The van der Waals surface area contributed by atoms with Gasteiger partial charge in [0.2, 0.25) is 0 Å². The maximum atomic E-state index is 13.3. The van der Waals surface area contributed by atoms with Gasteiger partial charge in [-0.05, 0) is 19.1 Å². The summed E-state index contributed by atoms with van der Waals surface area (Å²) in [6, 6.07) is 11.2. The van der Waals surface area contributed by atoms with Crippen molar-refractivity contribution in [2.75, 3.05) is 0 Å². The van der Waals surface area contributed by atoms with Gasteiger partial charge in [-0.1, -0.05) is 42.0 Å². The third kappa shape index (κ3) is 3.24. The van der Waals surface area contributed by atoms with E-state index in [4.69, 9.17) is 0 Å². The van der Waals surface area contributed by atoms with Crippen molar-refractivity contribution < 1.29 is 22.0 Å². The SMILES string of the molecule is Cc1ccc(-c2ncn(-c3ccc(C(F)(F)C(F)(F)F)cc3)n2)cc1. The fraction of sp³-hybridized carbons (Fsp3) is 0.176. The Morgan fingerprint density at radius 3 is 2.00 bits per heavy atom. The molecule has 0 aliphatic heterocycles. The second-order valence-electron chi connectivity index (χ2n) is 5.50. The molecule has 0 fully saturated rings. The predicted molar refractivity (Wildman–Crippen MR) is 81.5 cm³/mol. The molecule has 0 N–H and O–H groups in total. The van der Waals surface area contributed by atoms with E-state index < -0.39 is 17.7 Å². The first-order valence-electron chi connectivity index (χ1n) is 7.22. The summed E-state index contributed by atoms with van der Waals surface area (Å²) in [4.78, 5) is 4.13. The van der Waals surface area contributed by atoms with Crippen LogP contribution in [0.3, 0.4) is 0 Å². The first kappa shape index (κ1) is 17.1. The van der Waals surface area contributed by atoms with Crippen molar-refractivity contribution in [2.45, 2.75) is 19.0 Å². The molecule has 3 nitrogen and oxygen atoms in total. The fourth-order valence-corrected chi connectivity index (χ4v) is 2.21. The van der Waals surface area contributed by atoms with Gasteiger partial charge >= 0.3 is 12.1 Å². The van der Waals surface area contributed by atoms with Crippen LogP contribution in [0.25, 0.3) is 17.1 Å². The van der Waals surface area contributed by atoms with Gasteiger partial charge in [-0.25, -0.2) is 9.67 Å². The first-order chi connectivity index (χ1) is 11.7. The summed E-state index contributed by atoms with van der Waals surface area (Å²) in [6.45, 7) is 1.94. The third-order valence-electron chi connectivity index (χ3n) is 3.65. The van der Waals surface area contributed by atoms with Crippen LogP contribution in [-0.4, -0.2) is 20.9 Å². The van der Waals surface area contributed by atoms with E-state index in [0.717, 1.165) is 35.4 Å². The van der Waals surface area contributed by atoms with Crippen molar-refractivity contribution in [3.8, 4) is 17.1 Å². The molecule has 0 saturated heterocycles. The molecule has 1 aromatic heterocycles. The van der Waals surface area contributed by atoms with Gasteiger partial charge in [0.25, 0.3) is 0 Å². The molecule has 3 rings (SSSR count). The highest BCUT2D eigenvalue weighted by Gasteiger charge is 2.58. The highest BCUT2D eigenvalue weighted by atomic mass is 19.4. The molecule has 25 heavy (non-hydrogen) atoms. The maximum absolute atomic E-state index is 13.3. The Morgan fingerprint density at radius 1 is 0.840 bits per heavy atom. The molecule has 0 saturated carbocycles. The van der Waals surface area contributed by atoms with Crippen LogP contribution in [-0.2, 0) is 5.92 Å². The van der Waals surface area contributed by atoms with Crippen LogP contribution in [0, 0.1) is 6.92 Å². The molecule has 8 heteroatoms. The average Bonchev–Trinajstić information content (AvgIpc) is 3.04. The minimum atomic E-state index is -5.64. The Labute approximate surface area is 139 Å². The molecule has 0 aliphatic rings. The summed E-state index contributed by atoms with van der Waals surface area (Å²) in [5, 5.41) is 4.22. The molecule has 0 radical (unpaired) electrons. The number of halogens is 5. The second-order valence-corrected chi connectivity index (χ2v) is 5.50. The normalized spacial score (nSPS) is 12.4. The van der Waals surface area contributed by atoms with E-state index in [-0.39, 0.29) is 0 Å². The van der Waals surface area contributed by atoms with Gasteiger partial charge < -0.3 is 0 Å². The molecule has 0 spiro atoms. The zero-order valence-electron chi connectivity index (χ0n) is 12.9. The highest BCUT2D eigenvalue weighted by Crippen LogP contribution is 2.43. The summed E-state index contributed by atoms with van der Waals surface area (Å²) >= 11 is 0. The highest BCUT2D eigenvalue weighted by molar-refractivity contribution is 5.55. The van der Waals surface area contributed by atoms with Crippen LogP contribution in [0.1, 0.15) is 11.1 Å². The standard InChI is InChI=1S/C17H12F5N3/c1-11-2-4-12(5-3-11)15-23-10-25(24-15)14-8-6-13(7-9-14)16(18,19)17(20,21)22/h2-10H,1H3. The lowest BCUT2D eigenvalue weighted by Crippen LogP contribution is -2.33. The summed E-state index contributed by atoms with van der Waals surface area (Å²) < 4.78 is 65.1. The van der Waals surface area contributed by atoms with Crippen molar-refractivity contribution in [3.63, 3.8) is 0 Å². The third-order valence-corrected chi connectivity index (χ3v) is 3.65.